The van der Waals surface area contributed by atoms with Gasteiger partial charge in [0.05, 0.1) is 0 Å². The number of esters is 1. The third kappa shape index (κ3) is 6.15. The van der Waals surface area contributed by atoms with Gasteiger partial charge in [-0.2, -0.15) is 0 Å². The van der Waals surface area contributed by atoms with Gasteiger partial charge in [0.25, 0.3) is 11.8 Å². The zero-order valence-corrected chi connectivity index (χ0v) is 17.4. The first-order chi connectivity index (χ1) is 14.9. The molecule has 162 valence electrons. The molecule has 0 aromatic heterocycles. The second kappa shape index (κ2) is 10.4. The van der Waals surface area contributed by atoms with E-state index in [1.807, 2.05) is 30.3 Å². The number of ether oxygens (including phenoxy) is 1. The first-order valence-electron chi connectivity index (χ1n) is 10.1. The van der Waals surface area contributed by atoms with E-state index in [2.05, 4.69) is 5.32 Å². The van der Waals surface area contributed by atoms with Gasteiger partial charge in [0, 0.05) is 37.8 Å². The van der Waals surface area contributed by atoms with E-state index in [9.17, 15) is 19.2 Å². The number of likely N-dealkylation sites (N-methyl/N-ethyl adjacent to an activating group) is 1. The molecule has 1 aliphatic heterocycles. The van der Waals surface area contributed by atoms with Crippen LogP contribution in [0.1, 0.15) is 28.8 Å². The molecule has 3 rings (SSSR count). The maximum Gasteiger partial charge on any atom is 0.325 e. The van der Waals surface area contributed by atoms with Crippen LogP contribution < -0.4 is 10.2 Å². The second-order valence-corrected chi connectivity index (χ2v) is 7.27. The van der Waals surface area contributed by atoms with Gasteiger partial charge < -0.3 is 19.9 Å². The summed E-state index contributed by atoms with van der Waals surface area (Å²) in [5.41, 5.74) is 2.08. The quantitative estimate of drug-likeness (QED) is 0.653. The highest BCUT2D eigenvalue weighted by molar-refractivity contribution is 5.98. The number of hydrogen-bond acceptors (Lipinski definition) is 5. The summed E-state index contributed by atoms with van der Waals surface area (Å²) in [4.78, 5) is 51.1. The van der Waals surface area contributed by atoms with Crippen molar-refractivity contribution in [3.8, 4) is 0 Å². The van der Waals surface area contributed by atoms with Crippen molar-refractivity contribution in [3.63, 3.8) is 0 Å². The highest BCUT2D eigenvalue weighted by atomic mass is 16.5. The van der Waals surface area contributed by atoms with Gasteiger partial charge in [-0.15, -0.1) is 0 Å². The molecular weight excluding hydrogens is 398 g/mol. The maximum absolute atomic E-state index is 12.2. The van der Waals surface area contributed by atoms with Crippen LogP contribution in [0.5, 0.6) is 0 Å². The Hall–Kier alpha value is -3.68. The Morgan fingerprint density at radius 2 is 1.77 bits per heavy atom. The number of carbonyl (C=O) groups excluding carboxylic acids is 4. The van der Waals surface area contributed by atoms with Crippen molar-refractivity contribution < 1.29 is 23.9 Å². The number of amides is 3. The molecule has 0 radical (unpaired) electrons. The maximum atomic E-state index is 12.2. The Bertz CT molecular complexity index is 943. The van der Waals surface area contributed by atoms with Gasteiger partial charge in [-0.1, -0.05) is 30.3 Å². The van der Waals surface area contributed by atoms with E-state index in [0.717, 1.165) is 17.7 Å². The number of carbonyl (C=O) groups is 4. The summed E-state index contributed by atoms with van der Waals surface area (Å²) in [5, 5.41) is 2.47. The molecule has 0 saturated carbocycles. The molecular formula is C23H25N3O5. The zero-order valence-electron chi connectivity index (χ0n) is 17.4. The molecule has 0 bridgehead atoms. The normalized spacial score (nSPS) is 13.1. The lowest BCUT2D eigenvalue weighted by atomic mass is 10.2. The lowest BCUT2D eigenvalue weighted by Gasteiger charge is -2.17. The minimum Gasteiger partial charge on any atom is -0.454 e. The number of benzene rings is 2. The lowest BCUT2D eigenvalue weighted by Crippen LogP contribution is -2.34. The standard InChI is InChI=1S/C23H25N3O5/c1-25(15-17-6-3-2-4-7-17)21(28)16-31-22(29)14-24-23(30)18-9-11-19(12-10-18)26-13-5-8-20(26)27/h2-4,6-7,9-12H,5,8,13-16H2,1H3,(H,24,30). The Labute approximate surface area is 180 Å². The van der Waals surface area contributed by atoms with Crippen molar-refractivity contribution >= 4 is 29.4 Å². The summed E-state index contributed by atoms with van der Waals surface area (Å²) in [6.45, 7) is 0.347. The van der Waals surface area contributed by atoms with Gasteiger partial charge in [-0.05, 0) is 36.2 Å². The van der Waals surface area contributed by atoms with Crippen LogP contribution in [0.4, 0.5) is 5.69 Å². The first kappa shape index (κ1) is 22.0. The van der Waals surface area contributed by atoms with Crippen molar-refractivity contribution in [2.24, 2.45) is 0 Å². The summed E-state index contributed by atoms with van der Waals surface area (Å²) in [5.74, 6) is -1.41. The minimum atomic E-state index is -0.700. The van der Waals surface area contributed by atoms with Gasteiger partial charge in [-0.3, -0.25) is 19.2 Å². The number of rotatable bonds is 8. The average Bonchev–Trinajstić information content (AvgIpc) is 3.22. The van der Waals surface area contributed by atoms with Crippen molar-refractivity contribution in [1.29, 1.82) is 0 Å². The molecule has 1 aliphatic rings. The summed E-state index contributed by atoms with van der Waals surface area (Å²) in [6, 6.07) is 16.1. The molecule has 0 unspecified atom stereocenters. The SMILES string of the molecule is CN(Cc1ccccc1)C(=O)COC(=O)CNC(=O)c1ccc(N2CCCC2=O)cc1. The lowest BCUT2D eigenvalue weighted by molar-refractivity contribution is -0.150. The van der Waals surface area contributed by atoms with Crippen LogP contribution >= 0.6 is 0 Å². The fourth-order valence-corrected chi connectivity index (χ4v) is 3.22. The van der Waals surface area contributed by atoms with Crippen LogP contribution in [0.15, 0.2) is 54.6 Å². The molecule has 1 N–H and O–H groups in total. The molecule has 2 aromatic carbocycles. The van der Waals surface area contributed by atoms with Gasteiger partial charge in [-0.25, -0.2) is 0 Å². The minimum absolute atomic E-state index is 0.0731. The number of hydrogen-bond donors (Lipinski definition) is 1. The third-order valence-electron chi connectivity index (χ3n) is 4.95. The Kier molecular flexibility index (Phi) is 7.37. The summed E-state index contributed by atoms with van der Waals surface area (Å²) >= 11 is 0. The molecule has 8 nitrogen and oxygen atoms in total. The Morgan fingerprint density at radius 1 is 1.06 bits per heavy atom. The van der Waals surface area contributed by atoms with E-state index in [1.165, 1.54) is 4.90 Å². The average molecular weight is 423 g/mol. The largest absolute Gasteiger partial charge is 0.454 e. The highest BCUT2D eigenvalue weighted by Crippen LogP contribution is 2.21. The fraction of sp³-hybridized carbons (Fsp3) is 0.304. The van der Waals surface area contributed by atoms with Gasteiger partial charge in [0.15, 0.2) is 6.61 Å². The monoisotopic (exact) mass is 423 g/mol. The molecule has 1 fully saturated rings. The molecule has 8 heteroatoms. The predicted molar refractivity (Wildman–Crippen MR) is 114 cm³/mol. The summed E-state index contributed by atoms with van der Waals surface area (Å²) < 4.78 is 4.96. The van der Waals surface area contributed by atoms with E-state index in [-0.39, 0.29) is 18.4 Å². The molecule has 2 aromatic rings. The van der Waals surface area contributed by atoms with Gasteiger partial charge in [0.2, 0.25) is 5.91 Å². The van der Waals surface area contributed by atoms with Crippen LogP contribution in [0, 0.1) is 0 Å². The number of nitrogens with zero attached hydrogens (tertiary/aromatic N) is 2. The second-order valence-electron chi connectivity index (χ2n) is 7.27. The molecule has 31 heavy (non-hydrogen) atoms. The molecule has 1 saturated heterocycles. The zero-order chi connectivity index (χ0) is 22.2. The van der Waals surface area contributed by atoms with E-state index < -0.39 is 18.5 Å². The van der Waals surface area contributed by atoms with E-state index >= 15 is 0 Å². The van der Waals surface area contributed by atoms with Crippen LogP contribution in [-0.4, -0.2) is 55.3 Å². The van der Waals surface area contributed by atoms with Crippen LogP contribution in [0.2, 0.25) is 0 Å². The van der Waals surface area contributed by atoms with E-state index in [4.69, 9.17) is 4.74 Å². The summed E-state index contributed by atoms with van der Waals surface area (Å²) in [7, 11) is 1.63. The first-order valence-corrected chi connectivity index (χ1v) is 10.1. The summed E-state index contributed by atoms with van der Waals surface area (Å²) in [6.07, 6.45) is 1.36. The van der Waals surface area contributed by atoms with Gasteiger partial charge >= 0.3 is 5.97 Å². The fourth-order valence-electron chi connectivity index (χ4n) is 3.22. The molecule has 0 atom stereocenters. The topological polar surface area (TPSA) is 96.0 Å². The van der Waals surface area contributed by atoms with Crippen LogP contribution in [0.25, 0.3) is 0 Å². The Balaban J connectivity index is 1.40. The Morgan fingerprint density at radius 3 is 2.42 bits per heavy atom. The number of nitrogens with one attached hydrogen (secondary N) is 1. The molecule has 3 amide bonds. The molecule has 0 aliphatic carbocycles. The third-order valence-corrected chi connectivity index (χ3v) is 4.95. The number of anilines is 1. The van der Waals surface area contributed by atoms with Crippen molar-refractivity contribution in [2.45, 2.75) is 19.4 Å². The molecule has 0 spiro atoms. The van der Waals surface area contributed by atoms with Crippen LogP contribution in [-0.2, 0) is 25.7 Å². The van der Waals surface area contributed by atoms with Crippen molar-refractivity contribution in [1.82, 2.24) is 10.2 Å². The van der Waals surface area contributed by atoms with E-state index in [1.54, 1.807) is 36.2 Å². The smallest absolute Gasteiger partial charge is 0.325 e. The van der Waals surface area contributed by atoms with Crippen molar-refractivity contribution in [3.05, 3.63) is 65.7 Å². The predicted octanol–water partition coefficient (Wildman–Crippen LogP) is 1.74. The van der Waals surface area contributed by atoms with Gasteiger partial charge in [0.1, 0.15) is 6.54 Å². The van der Waals surface area contributed by atoms with Crippen molar-refractivity contribution in [2.75, 3.05) is 31.6 Å². The highest BCUT2D eigenvalue weighted by Gasteiger charge is 2.21. The van der Waals surface area contributed by atoms with Crippen LogP contribution in [0.3, 0.4) is 0 Å². The van der Waals surface area contributed by atoms with E-state index in [0.29, 0.717) is 25.1 Å². The molecule has 1 heterocycles.